The van der Waals surface area contributed by atoms with Gasteiger partial charge >= 0.3 is 0 Å². The van der Waals surface area contributed by atoms with Crippen LogP contribution in [0.5, 0.6) is 0 Å². The Bertz CT molecular complexity index is 109. The van der Waals surface area contributed by atoms with E-state index in [4.69, 9.17) is 0 Å². The fourth-order valence-electron chi connectivity index (χ4n) is 0.492. The second kappa shape index (κ2) is 4.13. The Balaban J connectivity index is 3.58. The topological polar surface area (TPSA) is 20.3 Å². The number of carbonyl (C=O) groups is 1. The normalized spacial score (nSPS) is 8.67. The van der Waals surface area contributed by atoms with Crippen LogP contribution >= 0.6 is 0 Å². The Labute approximate surface area is 56.2 Å². The van der Waals surface area contributed by atoms with Gasteiger partial charge in [0.15, 0.2) is 0 Å². The van der Waals surface area contributed by atoms with Gasteiger partial charge < -0.3 is 4.90 Å². The van der Waals surface area contributed by atoms with Crippen molar-refractivity contribution in [3.05, 3.63) is 12.8 Å². The molecule has 0 unspecified atom stereocenters. The van der Waals surface area contributed by atoms with Gasteiger partial charge in [0.1, 0.15) is 0 Å². The van der Waals surface area contributed by atoms with Crippen molar-refractivity contribution in [1.29, 1.82) is 0 Å². The molecule has 0 fully saturated rings. The van der Waals surface area contributed by atoms with Gasteiger partial charge in [-0.25, -0.2) is 0 Å². The molecule has 2 heteroatoms. The molecule has 9 heavy (non-hydrogen) atoms. The zero-order chi connectivity index (χ0) is 7.28. The summed E-state index contributed by atoms with van der Waals surface area (Å²) in [5, 5.41) is 0. The highest BCUT2D eigenvalue weighted by atomic mass is 16.2. The second-order valence-corrected chi connectivity index (χ2v) is 1.94. The van der Waals surface area contributed by atoms with Crippen molar-refractivity contribution in [2.24, 2.45) is 0 Å². The third-order valence-electron chi connectivity index (χ3n) is 1.13. The van der Waals surface area contributed by atoms with Crippen molar-refractivity contribution >= 4 is 5.91 Å². The molecule has 0 spiro atoms. The maximum Gasteiger partial charge on any atom is 0.226 e. The molecule has 0 aliphatic carbocycles. The third-order valence-corrected chi connectivity index (χ3v) is 1.13. The summed E-state index contributed by atoms with van der Waals surface area (Å²) in [5.74, 6) is 0.132. The highest BCUT2D eigenvalue weighted by molar-refractivity contribution is 5.76. The Kier molecular flexibility index (Phi) is 3.76. The average Bonchev–Trinajstić information content (AvgIpc) is 1.87. The molecule has 0 N–H and O–H groups in total. The van der Waals surface area contributed by atoms with Crippen molar-refractivity contribution < 1.29 is 4.79 Å². The molecule has 0 saturated heterocycles. The van der Waals surface area contributed by atoms with E-state index in [0.29, 0.717) is 6.42 Å². The number of carbonyl (C=O) groups excluding carboxylic acids is 1. The molecule has 0 bridgehead atoms. The Hall–Kier alpha value is -0.790. The maximum atomic E-state index is 10.8. The van der Waals surface area contributed by atoms with Crippen LogP contribution in [0.15, 0.2) is 12.8 Å². The quantitative estimate of drug-likeness (QED) is 0.561. The van der Waals surface area contributed by atoms with E-state index in [0.717, 1.165) is 6.42 Å². The summed E-state index contributed by atoms with van der Waals surface area (Å²) in [6, 6.07) is 0. The Morgan fingerprint density at radius 2 is 2.33 bits per heavy atom. The molecule has 0 aliphatic rings. The van der Waals surface area contributed by atoms with E-state index in [2.05, 4.69) is 6.58 Å². The SMILES string of the molecule is C=CN(C)C(=O)CCC. The molecule has 1 amide bonds. The predicted octanol–water partition coefficient (Wildman–Crippen LogP) is 1.39. The van der Waals surface area contributed by atoms with Crippen LogP contribution in [0.1, 0.15) is 19.8 Å². The summed E-state index contributed by atoms with van der Waals surface area (Å²) in [5.41, 5.74) is 0. The van der Waals surface area contributed by atoms with Crippen molar-refractivity contribution in [3.8, 4) is 0 Å². The van der Waals surface area contributed by atoms with Crippen LogP contribution in [0, 0.1) is 0 Å². The molecule has 0 aliphatic heterocycles. The minimum absolute atomic E-state index is 0.132. The van der Waals surface area contributed by atoms with Crippen molar-refractivity contribution in [2.75, 3.05) is 7.05 Å². The predicted molar refractivity (Wildman–Crippen MR) is 37.9 cm³/mol. The molecular weight excluding hydrogens is 114 g/mol. The average molecular weight is 127 g/mol. The van der Waals surface area contributed by atoms with Gasteiger partial charge in [0.2, 0.25) is 5.91 Å². The van der Waals surface area contributed by atoms with Crippen molar-refractivity contribution in [2.45, 2.75) is 19.8 Å². The van der Waals surface area contributed by atoms with E-state index in [1.165, 1.54) is 11.1 Å². The van der Waals surface area contributed by atoms with Gasteiger partial charge in [-0.3, -0.25) is 4.79 Å². The van der Waals surface area contributed by atoms with E-state index in [1.54, 1.807) is 7.05 Å². The van der Waals surface area contributed by atoms with Crippen LogP contribution in [-0.2, 0) is 4.79 Å². The molecule has 52 valence electrons. The zero-order valence-electron chi connectivity index (χ0n) is 6.05. The molecule has 0 aromatic carbocycles. The lowest BCUT2D eigenvalue weighted by atomic mass is 10.3. The first-order valence-corrected chi connectivity index (χ1v) is 3.10. The first-order valence-electron chi connectivity index (χ1n) is 3.10. The molecular formula is C7H13NO. The van der Waals surface area contributed by atoms with Gasteiger partial charge in [-0.1, -0.05) is 13.5 Å². The van der Waals surface area contributed by atoms with E-state index in [1.807, 2.05) is 6.92 Å². The maximum absolute atomic E-state index is 10.8. The summed E-state index contributed by atoms with van der Waals surface area (Å²) in [6.45, 7) is 5.45. The minimum atomic E-state index is 0.132. The van der Waals surface area contributed by atoms with Crippen molar-refractivity contribution in [1.82, 2.24) is 4.90 Å². The summed E-state index contributed by atoms with van der Waals surface area (Å²) < 4.78 is 0. The van der Waals surface area contributed by atoms with Crippen LogP contribution in [0.25, 0.3) is 0 Å². The van der Waals surface area contributed by atoms with E-state index in [-0.39, 0.29) is 5.91 Å². The van der Waals surface area contributed by atoms with E-state index < -0.39 is 0 Å². The third kappa shape index (κ3) is 2.90. The zero-order valence-corrected chi connectivity index (χ0v) is 6.05. The van der Waals surface area contributed by atoms with Gasteiger partial charge in [0.05, 0.1) is 0 Å². The summed E-state index contributed by atoms with van der Waals surface area (Å²) >= 11 is 0. The van der Waals surface area contributed by atoms with E-state index in [9.17, 15) is 4.79 Å². The van der Waals surface area contributed by atoms with Gasteiger partial charge in [0, 0.05) is 13.5 Å². The van der Waals surface area contributed by atoms with Gasteiger partial charge in [0.25, 0.3) is 0 Å². The number of amides is 1. The molecule has 2 nitrogen and oxygen atoms in total. The Morgan fingerprint density at radius 3 is 2.67 bits per heavy atom. The van der Waals surface area contributed by atoms with Gasteiger partial charge in [-0.05, 0) is 12.6 Å². The van der Waals surface area contributed by atoms with Crippen molar-refractivity contribution in [3.63, 3.8) is 0 Å². The lowest BCUT2D eigenvalue weighted by Crippen LogP contribution is -2.19. The highest BCUT2D eigenvalue weighted by Crippen LogP contribution is 1.93. The molecule has 0 aromatic rings. The molecule has 0 saturated carbocycles. The summed E-state index contributed by atoms with van der Waals surface area (Å²) in [7, 11) is 1.71. The lowest BCUT2D eigenvalue weighted by Gasteiger charge is -2.08. The van der Waals surface area contributed by atoms with Gasteiger partial charge in [-0.2, -0.15) is 0 Å². The monoisotopic (exact) mass is 127 g/mol. The molecule has 0 radical (unpaired) electrons. The van der Waals surface area contributed by atoms with Gasteiger partial charge in [-0.15, -0.1) is 0 Å². The largest absolute Gasteiger partial charge is 0.323 e. The lowest BCUT2D eigenvalue weighted by molar-refractivity contribution is -0.127. The molecule has 0 rings (SSSR count). The summed E-state index contributed by atoms with van der Waals surface area (Å²) in [4.78, 5) is 12.3. The number of rotatable bonds is 3. The summed E-state index contributed by atoms with van der Waals surface area (Å²) in [6.07, 6.45) is 3.04. The van der Waals surface area contributed by atoms with Crippen LogP contribution in [-0.4, -0.2) is 17.9 Å². The number of nitrogens with zero attached hydrogens (tertiary/aromatic N) is 1. The number of hydrogen-bond acceptors (Lipinski definition) is 1. The minimum Gasteiger partial charge on any atom is -0.323 e. The van der Waals surface area contributed by atoms with Crippen LogP contribution in [0.3, 0.4) is 0 Å². The molecule has 0 aromatic heterocycles. The fraction of sp³-hybridized carbons (Fsp3) is 0.571. The van der Waals surface area contributed by atoms with Crippen LogP contribution < -0.4 is 0 Å². The Morgan fingerprint density at radius 1 is 1.78 bits per heavy atom. The number of hydrogen-bond donors (Lipinski definition) is 0. The van der Waals surface area contributed by atoms with Crippen LogP contribution in [0.4, 0.5) is 0 Å². The first kappa shape index (κ1) is 8.21. The molecule has 0 atom stereocenters. The first-order chi connectivity index (χ1) is 4.22. The molecule has 0 heterocycles. The highest BCUT2D eigenvalue weighted by Gasteiger charge is 2.00. The standard InChI is InChI=1S/C7H13NO/c1-4-6-7(9)8(3)5-2/h5H,2,4,6H2,1,3H3. The smallest absolute Gasteiger partial charge is 0.226 e. The van der Waals surface area contributed by atoms with E-state index >= 15 is 0 Å². The van der Waals surface area contributed by atoms with Crippen LogP contribution in [0.2, 0.25) is 0 Å². The fourth-order valence-corrected chi connectivity index (χ4v) is 0.492. The second-order valence-electron chi connectivity index (χ2n) is 1.94.